The van der Waals surface area contributed by atoms with Crippen LogP contribution in [0, 0.1) is 0 Å². The standard InChI is InChI=1S/C22H24N2OS/c1-5-24-19-8-6-7-9-21(19)26-22(24)14-17-12-15(2)18-11-10-16(23(3)4)13-20(18)25-17/h6-10,12-14H,5,11H2,1-4H3. The molecular weight excluding hydrogens is 340 g/mol. The molecule has 134 valence electrons. The second kappa shape index (κ2) is 6.76. The van der Waals surface area contributed by atoms with Crippen LogP contribution >= 0.6 is 11.8 Å². The second-order valence-electron chi connectivity index (χ2n) is 6.84. The highest BCUT2D eigenvalue weighted by Crippen LogP contribution is 2.46. The maximum Gasteiger partial charge on any atom is 0.133 e. The Morgan fingerprint density at radius 1 is 1.23 bits per heavy atom. The molecule has 0 aromatic heterocycles. The average molecular weight is 365 g/mol. The van der Waals surface area contributed by atoms with E-state index in [-0.39, 0.29) is 0 Å². The van der Waals surface area contributed by atoms with E-state index in [1.165, 1.54) is 32.5 Å². The van der Waals surface area contributed by atoms with E-state index in [0.717, 1.165) is 24.5 Å². The van der Waals surface area contributed by atoms with E-state index in [9.17, 15) is 0 Å². The van der Waals surface area contributed by atoms with E-state index >= 15 is 0 Å². The van der Waals surface area contributed by atoms with Crippen molar-refractivity contribution in [1.82, 2.24) is 4.90 Å². The maximum atomic E-state index is 6.28. The molecular formula is C22H24N2OS. The number of benzene rings is 1. The van der Waals surface area contributed by atoms with Gasteiger partial charge in [-0.1, -0.05) is 30.0 Å². The molecule has 4 rings (SSSR count). The van der Waals surface area contributed by atoms with E-state index in [1.807, 2.05) is 11.8 Å². The number of anilines is 1. The van der Waals surface area contributed by atoms with Crippen LogP contribution in [0.1, 0.15) is 20.3 Å². The molecule has 4 heteroatoms. The van der Waals surface area contributed by atoms with Crippen LogP contribution in [0.3, 0.4) is 0 Å². The highest BCUT2D eigenvalue weighted by molar-refractivity contribution is 8.03. The van der Waals surface area contributed by atoms with Gasteiger partial charge in [-0.05, 0) is 44.1 Å². The van der Waals surface area contributed by atoms with Gasteiger partial charge in [-0.15, -0.1) is 0 Å². The number of thioether (sulfide) groups is 1. The summed E-state index contributed by atoms with van der Waals surface area (Å²) in [5.74, 6) is 1.89. The number of ether oxygens (including phenoxy) is 1. The van der Waals surface area contributed by atoms with E-state index in [1.54, 1.807) is 0 Å². The van der Waals surface area contributed by atoms with E-state index in [0.29, 0.717) is 0 Å². The number of hydrogen-bond acceptors (Lipinski definition) is 4. The van der Waals surface area contributed by atoms with Gasteiger partial charge < -0.3 is 14.5 Å². The SMILES string of the molecule is CCN1C(=CC2=CC(C)=C3CC=C(N(C)C)C=C3O2)Sc2ccccc21. The molecule has 0 saturated carbocycles. The highest BCUT2D eigenvalue weighted by atomic mass is 32.2. The lowest BCUT2D eigenvalue weighted by molar-refractivity contribution is 0.317. The monoisotopic (exact) mass is 364 g/mol. The van der Waals surface area contributed by atoms with Gasteiger partial charge in [0, 0.05) is 49.0 Å². The predicted octanol–water partition coefficient (Wildman–Crippen LogP) is 5.42. The molecule has 0 radical (unpaired) electrons. The molecule has 0 N–H and O–H groups in total. The molecule has 0 bridgehead atoms. The van der Waals surface area contributed by atoms with Crippen molar-refractivity contribution < 1.29 is 4.74 Å². The third-order valence-electron chi connectivity index (χ3n) is 4.89. The summed E-state index contributed by atoms with van der Waals surface area (Å²) in [6.45, 7) is 5.31. The Labute approximate surface area is 160 Å². The predicted molar refractivity (Wildman–Crippen MR) is 110 cm³/mol. The Morgan fingerprint density at radius 2 is 2.04 bits per heavy atom. The van der Waals surface area contributed by atoms with E-state index < -0.39 is 0 Å². The zero-order chi connectivity index (χ0) is 18.3. The molecule has 2 aliphatic heterocycles. The van der Waals surface area contributed by atoms with Crippen LogP contribution in [0.15, 0.2) is 86.9 Å². The van der Waals surface area contributed by atoms with Crippen LogP contribution in [-0.2, 0) is 4.74 Å². The van der Waals surface area contributed by atoms with Crippen molar-refractivity contribution in [3.63, 3.8) is 0 Å². The first kappa shape index (κ1) is 17.1. The number of likely N-dealkylation sites (N-methyl/N-ethyl adjacent to an activating group) is 1. The van der Waals surface area contributed by atoms with Crippen LogP contribution in [-0.4, -0.2) is 25.5 Å². The molecule has 0 fully saturated rings. The minimum absolute atomic E-state index is 0.909. The lowest BCUT2D eigenvalue weighted by atomic mass is 9.96. The molecule has 1 aromatic rings. The maximum absolute atomic E-state index is 6.28. The van der Waals surface area contributed by atoms with Gasteiger partial charge in [-0.2, -0.15) is 0 Å². The zero-order valence-corrected chi connectivity index (χ0v) is 16.6. The molecule has 1 aromatic carbocycles. The van der Waals surface area contributed by atoms with Gasteiger partial charge in [0.15, 0.2) is 0 Å². The number of rotatable bonds is 3. The Bertz CT molecular complexity index is 902. The van der Waals surface area contributed by atoms with Crippen LogP contribution in [0.4, 0.5) is 5.69 Å². The Balaban J connectivity index is 1.65. The molecule has 0 amide bonds. The normalized spacial score (nSPS) is 20.2. The molecule has 0 atom stereocenters. The summed E-state index contributed by atoms with van der Waals surface area (Å²) < 4.78 is 6.28. The van der Waals surface area contributed by atoms with Gasteiger partial charge in [0.25, 0.3) is 0 Å². The lowest BCUT2D eigenvalue weighted by Crippen LogP contribution is -2.17. The summed E-state index contributed by atoms with van der Waals surface area (Å²) in [6.07, 6.45) is 9.65. The van der Waals surface area contributed by atoms with Gasteiger partial charge >= 0.3 is 0 Å². The molecule has 3 aliphatic rings. The van der Waals surface area contributed by atoms with Crippen LogP contribution in [0.5, 0.6) is 0 Å². The zero-order valence-electron chi connectivity index (χ0n) is 15.7. The van der Waals surface area contributed by atoms with Gasteiger partial charge in [0.1, 0.15) is 11.5 Å². The first-order valence-corrected chi connectivity index (χ1v) is 9.83. The van der Waals surface area contributed by atoms with Crippen molar-refractivity contribution >= 4 is 17.4 Å². The number of para-hydroxylation sites is 1. The minimum Gasteiger partial charge on any atom is -0.457 e. The summed E-state index contributed by atoms with van der Waals surface area (Å²) in [6, 6.07) is 8.56. The van der Waals surface area contributed by atoms with Crippen molar-refractivity contribution in [2.45, 2.75) is 25.2 Å². The molecule has 2 heterocycles. The molecule has 1 aliphatic carbocycles. The van der Waals surface area contributed by atoms with Crippen molar-refractivity contribution in [1.29, 1.82) is 0 Å². The van der Waals surface area contributed by atoms with Gasteiger partial charge in [0.2, 0.25) is 0 Å². The summed E-state index contributed by atoms with van der Waals surface area (Å²) in [4.78, 5) is 5.78. The average Bonchev–Trinajstić information content (AvgIpc) is 2.98. The van der Waals surface area contributed by atoms with Crippen molar-refractivity contribution in [3.8, 4) is 0 Å². The molecule has 0 saturated heterocycles. The summed E-state index contributed by atoms with van der Waals surface area (Å²) in [5.41, 5.74) is 5.05. The first-order chi connectivity index (χ1) is 12.6. The Kier molecular flexibility index (Phi) is 4.45. The van der Waals surface area contributed by atoms with E-state index in [2.05, 4.69) is 86.3 Å². The fraction of sp³-hybridized carbons (Fsp3) is 0.273. The molecule has 0 spiro atoms. The largest absolute Gasteiger partial charge is 0.457 e. The number of nitrogens with zero attached hydrogens (tertiary/aromatic N) is 2. The van der Waals surface area contributed by atoms with Gasteiger partial charge in [0.05, 0.1) is 10.7 Å². The number of hydrogen-bond donors (Lipinski definition) is 0. The highest BCUT2D eigenvalue weighted by Gasteiger charge is 2.25. The van der Waals surface area contributed by atoms with Gasteiger partial charge in [-0.25, -0.2) is 0 Å². The Morgan fingerprint density at radius 3 is 2.81 bits per heavy atom. The summed E-state index contributed by atoms with van der Waals surface area (Å²) in [7, 11) is 4.13. The lowest BCUT2D eigenvalue weighted by Gasteiger charge is -2.26. The van der Waals surface area contributed by atoms with Crippen LogP contribution in [0.2, 0.25) is 0 Å². The smallest absolute Gasteiger partial charge is 0.133 e. The molecule has 0 unspecified atom stereocenters. The van der Waals surface area contributed by atoms with E-state index in [4.69, 9.17) is 4.74 Å². The molecule has 26 heavy (non-hydrogen) atoms. The minimum atomic E-state index is 0.909. The van der Waals surface area contributed by atoms with Crippen LogP contribution < -0.4 is 4.90 Å². The van der Waals surface area contributed by atoms with Crippen molar-refractivity contribution in [2.75, 3.05) is 25.5 Å². The summed E-state index contributed by atoms with van der Waals surface area (Å²) in [5, 5.41) is 1.22. The molecule has 3 nitrogen and oxygen atoms in total. The second-order valence-corrected chi connectivity index (χ2v) is 7.91. The topological polar surface area (TPSA) is 15.7 Å². The third kappa shape index (κ3) is 2.99. The van der Waals surface area contributed by atoms with Crippen LogP contribution in [0.25, 0.3) is 0 Å². The quantitative estimate of drug-likeness (QED) is 0.711. The Hall–Kier alpha value is -2.33. The number of fused-ring (bicyclic) bond motifs is 2. The van der Waals surface area contributed by atoms with Crippen molar-refractivity contribution in [2.24, 2.45) is 0 Å². The fourth-order valence-corrected chi connectivity index (χ4v) is 4.65. The van der Waals surface area contributed by atoms with Gasteiger partial charge in [-0.3, -0.25) is 0 Å². The summed E-state index contributed by atoms with van der Waals surface area (Å²) >= 11 is 1.81. The third-order valence-corrected chi connectivity index (χ3v) is 6.00. The first-order valence-electron chi connectivity index (χ1n) is 9.01. The van der Waals surface area contributed by atoms with Crippen molar-refractivity contribution in [3.05, 3.63) is 82.0 Å². The number of allylic oxidation sites excluding steroid dienone is 6. The fourth-order valence-electron chi connectivity index (χ4n) is 3.48.